The monoisotopic (exact) mass is 470 g/mol. The number of imide groups is 1. The van der Waals surface area contributed by atoms with Crippen molar-refractivity contribution in [3.63, 3.8) is 0 Å². The van der Waals surface area contributed by atoms with Gasteiger partial charge < -0.3 is 19.7 Å². The normalized spacial score (nSPS) is 26.4. The van der Waals surface area contributed by atoms with Gasteiger partial charge in [-0.05, 0) is 50.3 Å². The van der Waals surface area contributed by atoms with Gasteiger partial charge in [-0.1, -0.05) is 18.9 Å². The van der Waals surface area contributed by atoms with Crippen molar-refractivity contribution in [1.82, 2.24) is 20.0 Å². The topological polar surface area (TPSA) is 91.4 Å². The fourth-order valence-corrected chi connectivity index (χ4v) is 5.45. The molecule has 1 unspecified atom stereocenters. The molecule has 1 N–H and O–H groups in total. The van der Waals surface area contributed by atoms with Crippen molar-refractivity contribution in [2.24, 2.45) is 5.92 Å². The highest BCUT2D eigenvalue weighted by Gasteiger charge is 2.50. The Bertz CT molecular complexity index is 953. The number of likely N-dealkylation sites (tertiary alicyclic amines) is 2. The van der Waals surface area contributed by atoms with Gasteiger partial charge >= 0.3 is 6.03 Å². The van der Waals surface area contributed by atoms with Crippen LogP contribution in [-0.4, -0.2) is 78.6 Å². The van der Waals surface area contributed by atoms with E-state index in [4.69, 9.17) is 9.47 Å². The number of hydrogen-bond donors (Lipinski definition) is 1. The van der Waals surface area contributed by atoms with Gasteiger partial charge in [0.25, 0.3) is 5.91 Å². The van der Waals surface area contributed by atoms with Crippen molar-refractivity contribution in [2.45, 2.75) is 51.0 Å². The Balaban J connectivity index is 1.20. The summed E-state index contributed by atoms with van der Waals surface area (Å²) in [5.41, 5.74) is -0.493. The number of nitrogens with zero attached hydrogens (tertiary/aromatic N) is 3. The zero-order valence-corrected chi connectivity index (χ0v) is 19.9. The van der Waals surface area contributed by atoms with E-state index in [1.165, 1.54) is 17.7 Å². The molecule has 1 atom stereocenters. The van der Waals surface area contributed by atoms with E-state index in [-0.39, 0.29) is 24.4 Å². The second kappa shape index (κ2) is 9.44. The maximum Gasteiger partial charge on any atom is 0.326 e. The number of ether oxygens (including phenoxy) is 2. The first-order valence-corrected chi connectivity index (χ1v) is 12.5. The SMILES string of the molecule is CC1(c2ccc3c(c2)OCCO3)NC(=O)N(CN2CCC(C(=O)N3CCCCCC3)CC2)C1=O. The van der Waals surface area contributed by atoms with E-state index in [2.05, 4.69) is 10.2 Å². The van der Waals surface area contributed by atoms with E-state index < -0.39 is 11.6 Å². The van der Waals surface area contributed by atoms with E-state index in [0.29, 0.717) is 43.4 Å². The number of piperidine rings is 1. The smallest absolute Gasteiger partial charge is 0.326 e. The molecule has 4 aliphatic heterocycles. The lowest BCUT2D eigenvalue weighted by atomic mass is 9.91. The van der Waals surface area contributed by atoms with Crippen molar-refractivity contribution >= 4 is 17.8 Å². The van der Waals surface area contributed by atoms with Crippen LogP contribution >= 0.6 is 0 Å². The standard InChI is InChI=1S/C25H34N4O5/c1-25(19-6-7-20-21(16-19)34-15-14-33-20)23(31)29(24(32)26-25)17-27-12-8-18(9-13-27)22(30)28-10-4-2-3-5-11-28/h6-7,16,18H,2-5,8-15,17H2,1H3,(H,26,32). The molecule has 9 heteroatoms. The summed E-state index contributed by atoms with van der Waals surface area (Å²) >= 11 is 0. The highest BCUT2D eigenvalue weighted by molar-refractivity contribution is 6.07. The average molecular weight is 471 g/mol. The van der Waals surface area contributed by atoms with Crippen molar-refractivity contribution in [3.8, 4) is 11.5 Å². The number of nitrogens with one attached hydrogen (secondary N) is 1. The highest BCUT2D eigenvalue weighted by atomic mass is 16.6. The minimum atomic E-state index is -1.16. The molecule has 0 aromatic heterocycles. The second-order valence-electron chi connectivity index (χ2n) is 9.92. The molecule has 0 bridgehead atoms. The van der Waals surface area contributed by atoms with Crippen molar-refractivity contribution in [2.75, 3.05) is 46.1 Å². The summed E-state index contributed by atoms with van der Waals surface area (Å²) in [6.07, 6.45) is 6.13. The minimum Gasteiger partial charge on any atom is -0.486 e. The summed E-state index contributed by atoms with van der Waals surface area (Å²) < 4.78 is 11.2. The van der Waals surface area contributed by atoms with Crippen molar-refractivity contribution in [3.05, 3.63) is 23.8 Å². The van der Waals surface area contributed by atoms with Gasteiger partial charge in [-0.25, -0.2) is 9.69 Å². The van der Waals surface area contributed by atoms with E-state index in [1.807, 2.05) is 4.90 Å². The molecule has 1 aromatic carbocycles. The predicted molar refractivity (Wildman–Crippen MR) is 124 cm³/mol. The van der Waals surface area contributed by atoms with Crippen LogP contribution in [-0.2, 0) is 15.1 Å². The fraction of sp³-hybridized carbons (Fsp3) is 0.640. The summed E-state index contributed by atoms with van der Waals surface area (Å²) in [6, 6.07) is 4.96. The lowest BCUT2D eigenvalue weighted by Crippen LogP contribution is -2.48. The van der Waals surface area contributed by atoms with Crippen LogP contribution in [0.1, 0.15) is 51.0 Å². The third-order valence-corrected chi connectivity index (χ3v) is 7.59. The van der Waals surface area contributed by atoms with Gasteiger partial charge in [0.2, 0.25) is 5.91 Å². The zero-order valence-electron chi connectivity index (χ0n) is 19.9. The molecule has 1 aromatic rings. The predicted octanol–water partition coefficient (Wildman–Crippen LogP) is 2.30. The Hall–Kier alpha value is -2.81. The van der Waals surface area contributed by atoms with E-state index in [9.17, 15) is 14.4 Å². The molecule has 0 radical (unpaired) electrons. The van der Waals surface area contributed by atoms with E-state index in [0.717, 1.165) is 38.8 Å². The third kappa shape index (κ3) is 4.33. The van der Waals surface area contributed by atoms with Crippen molar-refractivity contribution in [1.29, 1.82) is 0 Å². The minimum absolute atomic E-state index is 0.0421. The molecule has 0 aliphatic carbocycles. The van der Waals surface area contributed by atoms with Gasteiger partial charge in [0, 0.05) is 32.1 Å². The van der Waals surface area contributed by atoms with Gasteiger partial charge in [0.05, 0.1) is 6.67 Å². The van der Waals surface area contributed by atoms with E-state index >= 15 is 0 Å². The molecule has 3 fully saturated rings. The van der Waals surface area contributed by atoms with Crippen LogP contribution in [0.4, 0.5) is 4.79 Å². The number of urea groups is 1. The maximum absolute atomic E-state index is 13.4. The fourth-order valence-electron chi connectivity index (χ4n) is 5.45. The molecule has 4 amide bonds. The first-order chi connectivity index (χ1) is 16.5. The molecule has 3 saturated heterocycles. The van der Waals surface area contributed by atoms with Crippen LogP contribution < -0.4 is 14.8 Å². The molecule has 34 heavy (non-hydrogen) atoms. The van der Waals surface area contributed by atoms with Crippen LogP contribution in [0.25, 0.3) is 0 Å². The molecule has 0 saturated carbocycles. The number of carbonyl (C=O) groups is 3. The Labute approximate surface area is 200 Å². The van der Waals surface area contributed by atoms with Crippen molar-refractivity contribution < 1.29 is 23.9 Å². The van der Waals surface area contributed by atoms with Crippen LogP contribution in [0, 0.1) is 5.92 Å². The van der Waals surface area contributed by atoms with Crippen LogP contribution in [0.3, 0.4) is 0 Å². The quantitative estimate of drug-likeness (QED) is 0.679. The van der Waals surface area contributed by atoms with Gasteiger partial charge in [0.1, 0.15) is 18.8 Å². The molecule has 5 rings (SSSR count). The van der Waals surface area contributed by atoms with Crippen LogP contribution in [0.5, 0.6) is 11.5 Å². The van der Waals surface area contributed by atoms with Gasteiger partial charge in [-0.3, -0.25) is 14.5 Å². The zero-order chi connectivity index (χ0) is 23.7. The first kappa shape index (κ1) is 23.0. The summed E-state index contributed by atoms with van der Waals surface area (Å²) in [5, 5.41) is 2.87. The Morgan fingerprint density at radius 2 is 1.68 bits per heavy atom. The van der Waals surface area contributed by atoms with Gasteiger partial charge in [-0.2, -0.15) is 0 Å². The second-order valence-corrected chi connectivity index (χ2v) is 9.92. The third-order valence-electron chi connectivity index (χ3n) is 7.59. The number of amides is 4. The summed E-state index contributed by atoms with van der Waals surface area (Å²) in [5.74, 6) is 1.27. The summed E-state index contributed by atoms with van der Waals surface area (Å²) in [4.78, 5) is 44.6. The molecule has 4 heterocycles. The van der Waals surface area contributed by atoms with Gasteiger partial charge in [-0.15, -0.1) is 0 Å². The van der Waals surface area contributed by atoms with E-state index in [1.54, 1.807) is 25.1 Å². The molecule has 0 spiro atoms. The maximum atomic E-state index is 13.4. The number of benzene rings is 1. The molecule has 9 nitrogen and oxygen atoms in total. The molecular weight excluding hydrogens is 436 g/mol. The Kier molecular flexibility index (Phi) is 6.38. The number of carbonyl (C=O) groups excluding carboxylic acids is 3. The average Bonchev–Trinajstić information content (AvgIpc) is 3.05. The Morgan fingerprint density at radius 1 is 1.00 bits per heavy atom. The van der Waals surface area contributed by atoms with Crippen LogP contribution in [0.15, 0.2) is 18.2 Å². The first-order valence-electron chi connectivity index (χ1n) is 12.5. The Morgan fingerprint density at radius 3 is 2.38 bits per heavy atom. The largest absolute Gasteiger partial charge is 0.486 e. The van der Waals surface area contributed by atoms with Crippen LogP contribution in [0.2, 0.25) is 0 Å². The lowest BCUT2D eigenvalue weighted by molar-refractivity contribution is -0.138. The summed E-state index contributed by atoms with van der Waals surface area (Å²) in [6.45, 7) is 6.05. The molecular formula is C25H34N4O5. The molecule has 4 aliphatic rings. The number of hydrogen-bond acceptors (Lipinski definition) is 6. The number of rotatable bonds is 4. The number of fused-ring (bicyclic) bond motifs is 1. The summed E-state index contributed by atoms with van der Waals surface area (Å²) in [7, 11) is 0. The highest BCUT2D eigenvalue weighted by Crippen LogP contribution is 2.37. The van der Waals surface area contributed by atoms with Gasteiger partial charge in [0.15, 0.2) is 11.5 Å². The molecule has 184 valence electrons. The lowest BCUT2D eigenvalue weighted by Gasteiger charge is -2.35.